The van der Waals surface area contributed by atoms with Gasteiger partial charge in [-0.1, -0.05) is 0 Å². The summed E-state index contributed by atoms with van der Waals surface area (Å²) in [5.74, 6) is 0.491. The van der Waals surface area contributed by atoms with E-state index in [4.69, 9.17) is 4.74 Å². The van der Waals surface area contributed by atoms with E-state index in [-0.39, 0.29) is 11.6 Å². The fourth-order valence-corrected chi connectivity index (χ4v) is 1.19. The van der Waals surface area contributed by atoms with Crippen LogP contribution in [-0.2, 0) is 4.74 Å². The van der Waals surface area contributed by atoms with Gasteiger partial charge in [-0.15, -0.1) is 0 Å². The summed E-state index contributed by atoms with van der Waals surface area (Å²) >= 11 is 4.51. The number of isothiocyanates is 1. The van der Waals surface area contributed by atoms with Gasteiger partial charge in [0.2, 0.25) is 5.82 Å². The summed E-state index contributed by atoms with van der Waals surface area (Å²) in [6.45, 7) is 5.35. The Kier molecular flexibility index (Phi) is 4.47. The molecule has 0 spiro atoms. The van der Waals surface area contributed by atoms with Crippen molar-refractivity contribution in [1.82, 2.24) is 9.97 Å². The summed E-state index contributed by atoms with van der Waals surface area (Å²) in [5.41, 5.74) is -0.582. The van der Waals surface area contributed by atoms with Gasteiger partial charge in [0, 0.05) is 19.4 Å². The highest BCUT2D eigenvalue weighted by Crippen LogP contribution is 2.22. The van der Waals surface area contributed by atoms with E-state index in [9.17, 15) is 4.79 Å². The van der Waals surface area contributed by atoms with Crippen molar-refractivity contribution in [3.05, 3.63) is 12.4 Å². The van der Waals surface area contributed by atoms with Gasteiger partial charge in [0.25, 0.3) is 0 Å². The average molecular weight is 266 g/mol. The Morgan fingerprint density at radius 2 is 2.06 bits per heavy atom. The average Bonchev–Trinajstić information content (AvgIpc) is 2.27. The van der Waals surface area contributed by atoms with Crippen LogP contribution in [0.5, 0.6) is 0 Å². The van der Waals surface area contributed by atoms with E-state index < -0.39 is 11.7 Å². The topological polar surface area (TPSA) is 67.7 Å². The number of hydrogen-bond donors (Lipinski definition) is 0. The number of aromatic nitrogens is 2. The SMILES string of the molecule is CN(C(=O)OC(C)(C)C)c1nccnc1N=C=S. The van der Waals surface area contributed by atoms with Gasteiger partial charge in [-0.05, 0) is 33.0 Å². The van der Waals surface area contributed by atoms with Crippen molar-refractivity contribution in [3.63, 3.8) is 0 Å². The van der Waals surface area contributed by atoms with Crippen molar-refractivity contribution in [3.8, 4) is 0 Å². The minimum absolute atomic E-state index is 0.223. The predicted molar refractivity (Wildman–Crippen MR) is 71.4 cm³/mol. The first kappa shape index (κ1) is 14.2. The maximum atomic E-state index is 11.9. The van der Waals surface area contributed by atoms with E-state index in [1.54, 1.807) is 20.8 Å². The highest BCUT2D eigenvalue weighted by Gasteiger charge is 2.23. The Morgan fingerprint density at radius 3 is 2.61 bits per heavy atom. The zero-order valence-corrected chi connectivity index (χ0v) is 11.5. The monoisotopic (exact) mass is 266 g/mol. The number of hydrogen-bond acceptors (Lipinski definition) is 6. The third kappa shape index (κ3) is 3.87. The Labute approximate surface area is 111 Å². The first-order valence-corrected chi connectivity index (χ1v) is 5.61. The van der Waals surface area contributed by atoms with Gasteiger partial charge in [0.15, 0.2) is 5.82 Å². The van der Waals surface area contributed by atoms with E-state index in [1.165, 1.54) is 24.3 Å². The van der Waals surface area contributed by atoms with Crippen LogP contribution in [0.2, 0.25) is 0 Å². The third-order valence-corrected chi connectivity index (χ3v) is 1.89. The minimum Gasteiger partial charge on any atom is -0.443 e. The van der Waals surface area contributed by atoms with E-state index in [0.717, 1.165) is 0 Å². The Morgan fingerprint density at radius 1 is 1.44 bits per heavy atom. The summed E-state index contributed by atoms with van der Waals surface area (Å²) in [6, 6.07) is 0. The fourth-order valence-electron chi connectivity index (χ4n) is 1.10. The molecule has 1 rings (SSSR count). The number of thiocarbonyl (C=S) groups is 1. The number of nitrogens with zero attached hydrogens (tertiary/aromatic N) is 4. The van der Waals surface area contributed by atoms with Crippen LogP contribution >= 0.6 is 12.2 Å². The lowest BCUT2D eigenvalue weighted by atomic mass is 10.2. The van der Waals surface area contributed by atoms with Crippen molar-refractivity contribution < 1.29 is 9.53 Å². The highest BCUT2D eigenvalue weighted by molar-refractivity contribution is 7.78. The van der Waals surface area contributed by atoms with Crippen LogP contribution in [-0.4, -0.2) is 33.9 Å². The molecule has 0 aliphatic rings. The molecule has 0 fully saturated rings. The number of ether oxygens (including phenoxy) is 1. The second-order valence-electron chi connectivity index (χ2n) is 4.45. The number of amides is 1. The molecule has 0 N–H and O–H groups in total. The molecule has 96 valence electrons. The van der Waals surface area contributed by atoms with Crippen LogP contribution in [0.3, 0.4) is 0 Å². The van der Waals surface area contributed by atoms with Crippen LogP contribution in [0, 0.1) is 0 Å². The molecular formula is C11H14N4O2S. The van der Waals surface area contributed by atoms with Crippen molar-refractivity contribution in [2.75, 3.05) is 11.9 Å². The van der Waals surface area contributed by atoms with Crippen LogP contribution in [0.25, 0.3) is 0 Å². The molecule has 1 heterocycles. The second kappa shape index (κ2) is 5.66. The molecule has 0 aromatic carbocycles. The van der Waals surface area contributed by atoms with Crippen LogP contribution in [0.1, 0.15) is 20.8 Å². The summed E-state index contributed by atoms with van der Waals surface area (Å²) in [7, 11) is 1.53. The molecule has 0 unspecified atom stereocenters. The van der Waals surface area contributed by atoms with Gasteiger partial charge >= 0.3 is 6.09 Å². The molecule has 0 aliphatic carbocycles. The molecule has 6 nitrogen and oxygen atoms in total. The van der Waals surface area contributed by atoms with Gasteiger partial charge in [-0.3, -0.25) is 4.90 Å². The van der Waals surface area contributed by atoms with E-state index in [2.05, 4.69) is 32.3 Å². The van der Waals surface area contributed by atoms with Gasteiger partial charge < -0.3 is 4.74 Å². The summed E-state index contributed by atoms with van der Waals surface area (Å²) in [5, 5.41) is 2.19. The maximum Gasteiger partial charge on any atom is 0.415 e. The molecule has 0 atom stereocenters. The lowest BCUT2D eigenvalue weighted by molar-refractivity contribution is 0.0588. The quantitative estimate of drug-likeness (QED) is 0.608. The molecule has 18 heavy (non-hydrogen) atoms. The number of aliphatic imine (C=N–C) groups is 1. The Hall–Kier alpha value is -1.85. The highest BCUT2D eigenvalue weighted by atomic mass is 32.1. The molecule has 0 bridgehead atoms. The van der Waals surface area contributed by atoms with Crippen molar-refractivity contribution in [1.29, 1.82) is 0 Å². The largest absolute Gasteiger partial charge is 0.443 e. The first-order chi connectivity index (χ1) is 8.35. The molecular weight excluding hydrogens is 252 g/mol. The zero-order valence-electron chi connectivity index (χ0n) is 10.7. The van der Waals surface area contributed by atoms with Crippen molar-refractivity contribution >= 4 is 35.1 Å². The van der Waals surface area contributed by atoms with Crippen molar-refractivity contribution in [2.45, 2.75) is 26.4 Å². The Balaban J connectivity index is 3.00. The zero-order chi connectivity index (χ0) is 13.8. The molecule has 0 saturated heterocycles. The lowest BCUT2D eigenvalue weighted by Crippen LogP contribution is -2.34. The second-order valence-corrected chi connectivity index (χ2v) is 4.63. The third-order valence-electron chi connectivity index (χ3n) is 1.80. The van der Waals surface area contributed by atoms with Crippen LogP contribution in [0.15, 0.2) is 17.4 Å². The minimum atomic E-state index is -0.582. The first-order valence-electron chi connectivity index (χ1n) is 5.21. The van der Waals surface area contributed by atoms with Gasteiger partial charge in [-0.2, -0.15) is 4.99 Å². The van der Waals surface area contributed by atoms with E-state index in [0.29, 0.717) is 0 Å². The van der Waals surface area contributed by atoms with Gasteiger partial charge in [0.05, 0.1) is 5.16 Å². The molecule has 1 aromatic rings. The van der Waals surface area contributed by atoms with E-state index in [1.807, 2.05) is 0 Å². The summed E-state index contributed by atoms with van der Waals surface area (Å²) in [4.78, 5) is 24.8. The van der Waals surface area contributed by atoms with Gasteiger partial charge in [-0.25, -0.2) is 14.8 Å². The fraction of sp³-hybridized carbons (Fsp3) is 0.455. The molecule has 0 saturated carbocycles. The van der Waals surface area contributed by atoms with Crippen LogP contribution < -0.4 is 4.90 Å². The summed E-state index contributed by atoms with van der Waals surface area (Å²) < 4.78 is 5.22. The van der Waals surface area contributed by atoms with Crippen molar-refractivity contribution in [2.24, 2.45) is 4.99 Å². The number of carbonyl (C=O) groups excluding carboxylic acids is 1. The van der Waals surface area contributed by atoms with Gasteiger partial charge in [0.1, 0.15) is 5.60 Å². The molecule has 7 heteroatoms. The standard InChI is InChI=1S/C11H14N4O2S/c1-11(2,3)17-10(16)15(4)9-8(14-7-18)12-5-6-13-9/h5-6H,1-4H3. The molecule has 0 aliphatic heterocycles. The lowest BCUT2D eigenvalue weighted by Gasteiger charge is -2.24. The van der Waals surface area contributed by atoms with E-state index >= 15 is 0 Å². The summed E-state index contributed by atoms with van der Waals surface area (Å²) in [6.07, 6.45) is 2.38. The normalized spacial score (nSPS) is 10.4. The number of rotatable bonds is 2. The molecule has 1 amide bonds. The maximum absolute atomic E-state index is 11.9. The van der Waals surface area contributed by atoms with Crippen LogP contribution in [0.4, 0.5) is 16.4 Å². The smallest absolute Gasteiger partial charge is 0.415 e. The molecule has 0 radical (unpaired) electrons. The molecule has 1 aromatic heterocycles. The predicted octanol–water partition coefficient (Wildman–Crippen LogP) is 2.58. The Bertz CT molecular complexity index is 492. The number of carbonyl (C=O) groups is 1. The number of anilines is 1.